The second kappa shape index (κ2) is 6.27. The fourth-order valence-electron chi connectivity index (χ4n) is 2.58. The number of nitrogens with zero attached hydrogens (tertiary/aromatic N) is 1. The molecule has 1 aromatic rings. The predicted octanol–water partition coefficient (Wildman–Crippen LogP) is 3.10. The van der Waals surface area contributed by atoms with E-state index in [-0.39, 0.29) is 19.4 Å². The lowest BCUT2D eigenvalue weighted by Crippen LogP contribution is -2.43. The summed E-state index contributed by atoms with van der Waals surface area (Å²) in [6, 6.07) is 3.27. The summed E-state index contributed by atoms with van der Waals surface area (Å²) in [6.45, 7) is 0.907. The molecule has 0 radical (unpaired) electrons. The molecule has 1 N–H and O–H groups in total. The highest BCUT2D eigenvalue weighted by atomic mass is 19.4. The molecular formula is C14H16F5NO. The summed E-state index contributed by atoms with van der Waals surface area (Å²) in [5.41, 5.74) is 0.311. The van der Waals surface area contributed by atoms with Crippen LogP contribution in [-0.4, -0.2) is 35.4 Å². The van der Waals surface area contributed by atoms with Crippen molar-refractivity contribution in [2.45, 2.75) is 31.7 Å². The zero-order valence-electron chi connectivity index (χ0n) is 11.2. The van der Waals surface area contributed by atoms with Crippen LogP contribution in [0, 0.1) is 17.6 Å². The van der Waals surface area contributed by atoms with Crippen molar-refractivity contribution >= 4 is 0 Å². The van der Waals surface area contributed by atoms with Gasteiger partial charge in [0.1, 0.15) is 11.6 Å². The van der Waals surface area contributed by atoms with E-state index in [4.69, 9.17) is 0 Å². The third-order valence-electron chi connectivity index (χ3n) is 3.82. The topological polar surface area (TPSA) is 23.5 Å². The fraction of sp³-hybridized carbons (Fsp3) is 0.571. The van der Waals surface area contributed by atoms with Gasteiger partial charge in [0.2, 0.25) is 0 Å². The first-order valence-corrected chi connectivity index (χ1v) is 6.68. The maximum Gasteiger partial charge on any atom is 0.414 e. The number of aliphatic hydroxyl groups excluding tert-OH is 1. The first kappa shape index (κ1) is 16.2. The van der Waals surface area contributed by atoms with E-state index in [9.17, 15) is 27.1 Å². The number of piperidine rings is 1. The molecule has 2 rings (SSSR count). The average molecular weight is 309 g/mol. The molecule has 0 saturated carbocycles. The van der Waals surface area contributed by atoms with E-state index in [1.807, 2.05) is 0 Å². The summed E-state index contributed by atoms with van der Waals surface area (Å²) in [7, 11) is 0. The number of alkyl halides is 3. The molecule has 1 saturated heterocycles. The van der Waals surface area contributed by atoms with Crippen LogP contribution in [0.15, 0.2) is 18.2 Å². The number of benzene rings is 1. The maximum atomic E-state index is 13.5. The number of aliphatic hydroxyl groups is 1. The van der Waals surface area contributed by atoms with Crippen LogP contribution in [0.1, 0.15) is 18.4 Å². The molecule has 2 nitrogen and oxygen atoms in total. The van der Waals surface area contributed by atoms with Gasteiger partial charge in [-0.1, -0.05) is 6.07 Å². The number of likely N-dealkylation sites (tertiary alicyclic amines) is 1. The van der Waals surface area contributed by atoms with E-state index < -0.39 is 29.8 Å². The molecule has 0 aromatic heterocycles. The lowest BCUT2D eigenvalue weighted by atomic mass is 9.90. The molecule has 1 aliphatic rings. The summed E-state index contributed by atoms with van der Waals surface area (Å²) in [5.74, 6) is -2.14. The minimum atomic E-state index is -4.60. The summed E-state index contributed by atoms with van der Waals surface area (Å²) in [6.07, 6.45) is -6.51. The molecule has 0 aliphatic carbocycles. The largest absolute Gasteiger partial charge is 0.414 e. The Morgan fingerprint density at radius 2 is 1.81 bits per heavy atom. The number of hydrogen-bond acceptors (Lipinski definition) is 2. The normalized spacial score (nSPS) is 19.7. The minimum absolute atomic E-state index is 0.198. The van der Waals surface area contributed by atoms with Crippen molar-refractivity contribution in [3.05, 3.63) is 35.4 Å². The molecule has 1 atom stereocenters. The molecule has 7 heteroatoms. The average Bonchev–Trinajstić information content (AvgIpc) is 2.41. The Morgan fingerprint density at radius 3 is 2.33 bits per heavy atom. The first-order valence-electron chi connectivity index (χ1n) is 6.68. The predicted molar refractivity (Wildman–Crippen MR) is 66.4 cm³/mol. The molecule has 1 fully saturated rings. The van der Waals surface area contributed by atoms with Gasteiger partial charge in [-0.15, -0.1) is 0 Å². The summed E-state index contributed by atoms with van der Waals surface area (Å²) in [4.78, 5) is 1.80. The van der Waals surface area contributed by atoms with E-state index in [0.29, 0.717) is 18.7 Å². The zero-order chi connectivity index (χ0) is 15.6. The summed E-state index contributed by atoms with van der Waals surface area (Å²) in [5, 5.41) is 9.22. The lowest BCUT2D eigenvalue weighted by Gasteiger charge is -2.34. The highest BCUT2D eigenvalue weighted by Gasteiger charge is 2.44. The van der Waals surface area contributed by atoms with Crippen molar-refractivity contribution < 1.29 is 27.1 Å². The fourth-order valence-corrected chi connectivity index (χ4v) is 2.58. The van der Waals surface area contributed by atoms with Crippen molar-refractivity contribution in [3.8, 4) is 0 Å². The van der Waals surface area contributed by atoms with Gasteiger partial charge in [-0.3, -0.25) is 4.90 Å². The van der Waals surface area contributed by atoms with Gasteiger partial charge in [-0.2, -0.15) is 13.2 Å². The van der Waals surface area contributed by atoms with Gasteiger partial charge < -0.3 is 5.11 Å². The molecule has 1 unspecified atom stereocenters. The monoisotopic (exact) mass is 309 g/mol. The Hall–Kier alpha value is -1.21. The van der Waals surface area contributed by atoms with Crippen LogP contribution in [0.5, 0.6) is 0 Å². The second-order valence-electron chi connectivity index (χ2n) is 5.34. The summed E-state index contributed by atoms with van der Waals surface area (Å²) >= 11 is 0. The SMILES string of the molecule is OC(C1CCN(Cc2ccc(F)cc2F)CC1)C(F)(F)F. The van der Waals surface area contributed by atoms with Crippen molar-refractivity contribution in [2.75, 3.05) is 13.1 Å². The highest BCUT2D eigenvalue weighted by Crippen LogP contribution is 2.32. The quantitative estimate of drug-likeness (QED) is 0.867. The standard InChI is InChI=1S/C14H16F5NO/c15-11-2-1-10(12(16)7-11)8-20-5-3-9(4-6-20)13(21)14(17,18)19/h1-2,7,9,13,21H,3-6,8H2. The lowest BCUT2D eigenvalue weighted by molar-refractivity contribution is -0.223. The third kappa shape index (κ3) is 4.14. The van der Waals surface area contributed by atoms with Gasteiger partial charge in [0.25, 0.3) is 0 Å². The van der Waals surface area contributed by atoms with E-state index in [1.54, 1.807) is 4.90 Å². The number of rotatable bonds is 3. The zero-order valence-corrected chi connectivity index (χ0v) is 11.2. The van der Waals surface area contributed by atoms with E-state index >= 15 is 0 Å². The molecule has 1 aliphatic heterocycles. The molecule has 0 amide bonds. The Bertz CT molecular complexity index is 483. The van der Waals surface area contributed by atoms with Crippen LogP contribution in [0.3, 0.4) is 0 Å². The van der Waals surface area contributed by atoms with Gasteiger partial charge in [0.15, 0.2) is 6.10 Å². The van der Waals surface area contributed by atoms with Crippen LogP contribution < -0.4 is 0 Å². The van der Waals surface area contributed by atoms with Crippen LogP contribution in [0.25, 0.3) is 0 Å². The van der Waals surface area contributed by atoms with Crippen molar-refractivity contribution in [1.82, 2.24) is 4.90 Å². The number of halogens is 5. The molecular weight excluding hydrogens is 293 g/mol. The van der Waals surface area contributed by atoms with Gasteiger partial charge in [0.05, 0.1) is 0 Å². The number of hydrogen-bond donors (Lipinski definition) is 1. The van der Waals surface area contributed by atoms with Crippen molar-refractivity contribution in [1.29, 1.82) is 0 Å². The van der Waals surface area contributed by atoms with E-state index in [1.165, 1.54) is 6.07 Å². The molecule has 21 heavy (non-hydrogen) atoms. The van der Waals surface area contributed by atoms with Crippen LogP contribution >= 0.6 is 0 Å². The highest BCUT2D eigenvalue weighted by molar-refractivity contribution is 5.18. The van der Waals surface area contributed by atoms with E-state index in [0.717, 1.165) is 12.1 Å². The van der Waals surface area contributed by atoms with Crippen LogP contribution in [-0.2, 0) is 6.54 Å². The van der Waals surface area contributed by atoms with Gasteiger partial charge in [-0.05, 0) is 37.9 Å². The van der Waals surface area contributed by atoms with Gasteiger partial charge in [-0.25, -0.2) is 8.78 Å². The molecule has 1 aromatic carbocycles. The van der Waals surface area contributed by atoms with Gasteiger partial charge in [0, 0.05) is 18.2 Å². The molecule has 0 bridgehead atoms. The first-order chi connectivity index (χ1) is 9.77. The Balaban J connectivity index is 1.90. The Morgan fingerprint density at radius 1 is 1.19 bits per heavy atom. The molecule has 1 heterocycles. The summed E-state index contributed by atoms with van der Waals surface area (Å²) < 4.78 is 63.6. The third-order valence-corrected chi connectivity index (χ3v) is 3.82. The van der Waals surface area contributed by atoms with Crippen LogP contribution in [0.2, 0.25) is 0 Å². The molecule has 0 spiro atoms. The molecule has 118 valence electrons. The Labute approximate surface area is 119 Å². The second-order valence-corrected chi connectivity index (χ2v) is 5.34. The maximum absolute atomic E-state index is 13.5. The van der Waals surface area contributed by atoms with Crippen molar-refractivity contribution in [2.24, 2.45) is 5.92 Å². The Kier molecular flexibility index (Phi) is 4.83. The van der Waals surface area contributed by atoms with Crippen LogP contribution in [0.4, 0.5) is 22.0 Å². The van der Waals surface area contributed by atoms with Crippen molar-refractivity contribution in [3.63, 3.8) is 0 Å². The van der Waals surface area contributed by atoms with Gasteiger partial charge >= 0.3 is 6.18 Å². The minimum Gasteiger partial charge on any atom is -0.383 e. The van der Waals surface area contributed by atoms with E-state index in [2.05, 4.69) is 0 Å². The smallest absolute Gasteiger partial charge is 0.383 e.